The Labute approximate surface area is 210 Å². The molecule has 9 nitrogen and oxygen atoms in total. The fourth-order valence-electron chi connectivity index (χ4n) is 4.60. The zero-order valence-electron chi connectivity index (χ0n) is 20.8. The van der Waals surface area contributed by atoms with Gasteiger partial charge in [-0.15, -0.1) is 0 Å². The molecular formula is C27H29N7O2. The summed E-state index contributed by atoms with van der Waals surface area (Å²) in [6, 6.07) is 14.4. The standard InChI is InChI=1S/C27H29N7O2/c1-32-18-20(15-30-32)27-16-29-25-5-4-21(12-26(25)31-27)34(9-8-33-7-6-19(14-28)17-33)22-10-23(35-2)13-24(11-22)36-3/h4-5,10-13,15-16,18-19H,6-9,17H2,1-3H3. The second-order valence-electron chi connectivity index (χ2n) is 8.97. The number of fused-ring (bicyclic) bond motifs is 1. The maximum Gasteiger partial charge on any atom is 0.124 e. The van der Waals surface area contributed by atoms with E-state index in [9.17, 15) is 5.26 Å². The van der Waals surface area contributed by atoms with Crippen LogP contribution in [-0.2, 0) is 7.05 Å². The largest absolute Gasteiger partial charge is 0.497 e. The Morgan fingerprint density at radius 3 is 2.53 bits per heavy atom. The number of hydrogen-bond acceptors (Lipinski definition) is 8. The SMILES string of the molecule is COc1cc(OC)cc(N(CCN2CCC(C#N)C2)c2ccc3ncc(-c4cnn(C)c4)nc3c2)c1. The van der Waals surface area contributed by atoms with Crippen LogP contribution in [0.5, 0.6) is 11.5 Å². The zero-order valence-corrected chi connectivity index (χ0v) is 20.8. The van der Waals surface area contributed by atoms with Gasteiger partial charge in [-0.3, -0.25) is 9.67 Å². The van der Waals surface area contributed by atoms with Crippen LogP contribution in [0.3, 0.4) is 0 Å². The quantitative estimate of drug-likeness (QED) is 0.371. The number of anilines is 2. The van der Waals surface area contributed by atoms with E-state index in [-0.39, 0.29) is 5.92 Å². The van der Waals surface area contributed by atoms with E-state index >= 15 is 0 Å². The summed E-state index contributed by atoms with van der Waals surface area (Å²) in [4.78, 5) is 14.1. The number of nitriles is 1. The highest BCUT2D eigenvalue weighted by molar-refractivity contribution is 5.82. The number of ether oxygens (including phenoxy) is 2. The molecule has 0 aliphatic carbocycles. The van der Waals surface area contributed by atoms with E-state index in [0.717, 1.165) is 77.8 Å². The highest BCUT2D eigenvalue weighted by Gasteiger charge is 2.23. The molecule has 9 heteroatoms. The molecule has 1 aliphatic rings. The lowest BCUT2D eigenvalue weighted by molar-refractivity contribution is 0.341. The average Bonchev–Trinajstić information content (AvgIpc) is 3.57. The second kappa shape index (κ2) is 10.2. The molecule has 0 saturated carbocycles. The maximum atomic E-state index is 9.31. The van der Waals surface area contributed by atoms with Crippen LogP contribution in [-0.4, -0.2) is 65.0 Å². The smallest absolute Gasteiger partial charge is 0.124 e. The van der Waals surface area contributed by atoms with Crippen molar-refractivity contribution in [2.45, 2.75) is 6.42 Å². The summed E-state index contributed by atoms with van der Waals surface area (Å²) in [7, 11) is 5.19. The van der Waals surface area contributed by atoms with Crippen LogP contribution in [0.25, 0.3) is 22.3 Å². The minimum absolute atomic E-state index is 0.109. The van der Waals surface area contributed by atoms with Gasteiger partial charge in [0, 0.05) is 68.0 Å². The van der Waals surface area contributed by atoms with Crippen molar-refractivity contribution in [2.24, 2.45) is 13.0 Å². The van der Waals surface area contributed by atoms with Crippen molar-refractivity contribution < 1.29 is 9.47 Å². The molecule has 1 saturated heterocycles. The Hall–Kier alpha value is -4.16. The lowest BCUT2D eigenvalue weighted by Gasteiger charge is -2.28. The lowest BCUT2D eigenvalue weighted by Crippen LogP contribution is -2.31. The number of aryl methyl sites for hydroxylation is 1. The van der Waals surface area contributed by atoms with Gasteiger partial charge in [0.2, 0.25) is 0 Å². The van der Waals surface area contributed by atoms with Crippen LogP contribution in [0.2, 0.25) is 0 Å². The van der Waals surface area contributed by atoms with Crippen LogP contribution in [0.15, 0.2) is 55.0 Å². The van der Waals surface area contributed by atoms with Gasteiger partial charge in [-0.05, 0) is 31.2 Å². The van der Waals surface area contributed by atoms with E-state index in [1.165, 1.54) is 0 Å². The molecule has 0 amide bonds. The molecule has 2 aromatic heterocycles. The number of likely N-dealkylation sites (tertiary alicyclic amines) is 1. The highest BCUT2D eigenvalue weighted by Crippen LogP contribution is 2.34. The van der Waals surface area contributed by atoms with Crippen LogP contribution >= 0.6 is 0 Å². The van der Waals surface area contributed by atoms with E-state index in [0.29, 0.717) is 0 Å². The molecule has 0 radical (unpaired) electrons. The van der Waals surface area contributed by atoms with Crippen molar-refractivity contribution in [2.75, 3.05) is 45.3 Å². The third-order valence-corrected chi connectivity index (χ3v) is 6.58. The number of rotatable bonds is 8. The van der Waals surface area contributed by atoms with Gasteiger partial charge in [-0.1, -0.05) is 0 Å². The topological polar surface area (TPSA) is 92.3 Å². The third-order valence-electron chi connectivity index (χ3n) is 6.58. The van der Waals surface area contributed by atoms with Crippen molar-refractivity contribution in [1.82, 2.24) is 24.6 Å². The molecule has 184 valence electrons. The van der Waals surface area contributed by atoms with Crippen LogP contribution in [0.4, 0.5) is 11.4 Å². The van der Waals surface area contributed by atoms with Gasteiger partial charge in [0.05, 0.1) is 55.3 Å². The number of hydrogen-bond donors (Lipinski definition) is 0. The normalized spacial score (nSPS) is 15.7. The van der Waals surface area contributed by atoms with E-state index in [4.69, 9.17) is 14.5 Å². The first-order valence-electron chi connectivity index (χ1n) is 11.9. The van der Waals surface area contributed by atoms with Crippen LogP contribution in [0, 0.1) is 17.2 Å². The first-order chi connectivity index (χ1) is 17.6. The first kappa shape index (κ1) is 23.6. The van der Waals surface area contributed by atoms with Gasteiger partial charge in [-0.2, -0.15) is 10.4 Å². The molecule has 1 atom stereocenters. The molecule has 0 bridgehead atoms. The Morgan fingerprint density at radius 2 is 1.86 bits per heavy atom. The van der Waals surface area contributed by atoms with Crippen LogP contribution < -0.4 is 14.4 Å². The molecule has 2 aromatic carbocycles. The predicted octanol–water partition coefficient (Wildman–Crippen LogP) is 4.03. The third kappa shape index (κ3) is 4.95. The average molecular weight is 484 g/mol. The van der Waals surface area contributed by atoms with Crippen molar-refractivity contribution in [3.05, 3.63) is 55.0 Å². The minimum Gasteiger partial charge on any atom is -0.497 e. The van der Waals surface area contributed by atoms with Crippen LogP contribution in [0.1, 0.15) is 6.42 Å². The van der Waals surface area contributed by atoms with E-state index < -0.39 is 0 Å². The fraction of sp³-hybridized carbons (Fsp3) is 0.333. The van der Waals surface area contributed by atoms with Gasteiger partial charge < -0.3 is 19.3 Å². The number of benzene rings is 2. The van der Waals surface area contributed by atoms with E-state index in [1.54, 1.807) is 31.3 Å². The molecule has 3 heterocycles. The molecule has 4 aromatic rings. The summed E-state index contributed by atoms with van der Waals surface area (Å²) in [6.45, 7) is 3.31. The summed E-state index contributed by atoms with van der Waals surface area (Å²) < 4.78 is 12.8. The number of methoxy groups -OCH3 is 2. The molecule has 1 aliphatic heterocycles. The summed E-state index contributed by atoms with van der Waals surface area (Å²) in [5, 5.41) is 13.6. The summed E-state index contributed by atoms with van der Waals surface area (Å²) in [6.07, 6.45) is 6.42. The van der Waals surface area contributed by atoms with Gasteiger partial charge in [0.1, 0.15) is 11.5 Å². The molecule has 0 N–H and O–H groups in total. The number of aromatic nitrogens is 4. The maximum absolute atomic E-state index is 9.31. The first-order valence-corrected chi connectivity index (χ1v) is 11.9. The monoisotopic (exact) mass is 483 g/mol. The predicted molar refractivity (Wildman–Crippen MR) is 138 cm³/mol. The molecule has 1 fully saturated rings. The summed E-state index contributed by atoms with van der Waals surface area (Å²) in [5.74, 6) is 1.55. The number of nitrogens with zero attached hydrogens (tertiary/aromatic N) is 7. The minimum atomic E-state index is 0.109. The second-order valence-corrected chi connectivity index (χ2v) is 8.97. The molecule has 5 rings (SSSR count). The highest BCUT2D eigenvalue weighted by atomic mass is 16.5. The van der Waals surface area contributed by atoms with Crippen molar-refractivity contribution in [3.63, 3.8) is 0 Å². The van der Waals surface area contributed by atoms with E-state index in [1.807, 2.05) is 37.5 Å². The Kier molecular flexibility index (Phi) is 6.69. The van der Waals surface area contributed by atoms with Gasteiger partial charge >= 0.3 is 0 Å². The molecule has 36 heavy (non-hydrogen) atoms. The van der Waals surface area contributed by atoms with Gasteiger partial charge in [0.15, 0.2) is 0 Å². The molecular weight excluding hydrogens is 454 g/mol. The zero-order chi connectivity index (χ0) is 25.1. The molecule has 1 unspecified atom stereocenters. The van der Waals surface area contributed by atoms with Gasteiger partial charge in [-0.25, -0.2) is 4.98 Å². The van der Waals surface area contributed by atoms with Gasteiger partial charge in [0.25, 0.3) is 0 Å². The Morgan fingerprint density at radius 1 is 1.06 bits per heavy atom. The van der Waals surface area contributed by atoms with Crippen molar-refractivity contribution >= 4 is 22.4 Å². The summed E-state index contributed by atoms with van der Waals surface area (Å²) in [5.41, 5.74) is 5.28. The molecule has 0 spiro atoms. The Bertz CT molecular complexity index is 1390. The van der Waals surface area contributed by atoms with Crippen molar-refractivity contribution in [1.29, 1.82) is 5.26 Å². The Balaban J connectivity index is 1.52. The lowest BCUT2D eigenvalue weighted by atomic mass is 10.1. The van der Waals surface area contributed by atoms with Crippen molar-refractivity contribution in [3.8, 4) is 28.8 Å². The fourth-order valence-corrected chi connectivity index (χ4v) is 4.60. The van der Waals surface area contributed by atoms with E-state index in [2.05, 4.69) is 38.1 Å². The summed E-state index contributed by atoms with van der Waals surface area (Å²) >= 11 is 0.